The lowest BCUT2D eigenvalue weighted by atomic mass is 10.0. The third-order valence-corrected chi connectivity index (χ3v) is 5.04. The Kier molecular flexibility index (Phi) is 5.46. The van der Waals surface area contributed by atoms with Crippen LogP contribution in [0, 0.1) is 13.8 Å². The Morgan fingerprint density at radius 3 is 2.63 bits per heavy atom. The second-order valence-electron chi connectivity index (χ2n) is 7.04. The summed E-state index contributed by atoms with van der Waals surface area (Å²) in [5, 5.41) is 15.4. The van der Waals surface area contributed by atoms with Crippen LogP contribution in [0.3, 0.4) is 0 Å². The Morgan fingerprint density at radius 2 is 1.89 bits per heavy atom. The molecule has 3 N–H and O–H groups in total. The second kappa shape index (κ2) is 7.80. The number of hydrogen-bond donors (Lipinski definition) is 3. The third-order valence-electron chi connectivity index (χ3n) is 5.04. The number of likely N-dealkylation sites (N-methyl/N-ethyl adjacent to an activating group) is 1. The lowest BCUT2D eigenvalue weighted by molar-refractivity contribution is -0.136. The molecule has 2 amide bonds. The standard InChI is InChI=1S/C21H25N3O3/c1-13-4-6-17(10-14(13)2)23-21(27)20(26)22-12-19(25)16-5-7-18-15(11-16)8-9-24(18)3/h4-7,10-11,19,25H,8-9,12H2,1-3H3,(H,22,26)(H,23,27). The number of hydrogen-bond acceptors (Lipinski definition) is 4. The largest absolute Gasteiger partial charge is 0.387 e. The quantitative estimate of drug-likeness (QED) is 0.723. The first-order valence-corrected chi connectivity index (χ1v) is 9.03. The van der Waals surface area contributed by atoms with Crippen molar-refractivity contribution in [2.24, 2.45) is 0 Å². The van der Waals surface area contributed by atoms with Gasteiger partial charge in [-0.3, -0.25) is 9.59 Å². The van der Waals surface area contributed by atoms with Crippen molar-refractivity contribution >= 4 is 23.2 Å². The first-order valence-electron chi connectivity index (χ1n) is 9.03. The molecule has 1 atom stereocenters. The smallest absolute Gasteiger partial charge is 0.313 e. The molecule has 6 nitrogen and oxygen atoms in total. The van der Waals surface area contributed by atoms with E-state index >= 15 is 0 Å². The number of nitrogens with one attached hydrogen (secondary N) is 2. The van der Waals surface area contributed by atoms with E-state index in [1.807, 2.05) is 51.2 Å². The number of aliphatic hydroxyl groups excluding tert-OH is 1. The average molecular weight is 367 g/mol. The maximum atomic E-state index is 12.0. The molecule has 142 valence electrons. The molecule has 0 saturated carbocycles. The molecule has 0 saturated heterocycles. The highest BCUT2D eigenvalue weighted by atomic mass is 16.3. The van der Waals surface area contributed by atoms with Crippen LogP contribution in [0.2, 0.25) is 0 Å². The zero-order valence-electron chi connectivity index (χ0n) is 15.9. The van der Waals surface area contributed by atoms with E-state index in [0.717, 1.165) is 29.7 Å². The van der Waals surface area contributed by atoms with E-state index in [9.17, 15) is 14.7 Å². The second-order valence-corrected chi connectivity index (χ2v) is 7.04. The lowest BCUT2D eigenvalue weighted by Crippen LogP contribution is -2.37. The zero-order chi connectivity index (χ0) is 19.6. The van der Waals surface area contributed by atoms with Gasteiger partial charge < -0.3 is 20.6 Å². The summed E-state index contributed by atoms with van der Waals surface area (Å²) in [6.45, 7) is 4.86. The molecule has 6 heteroatoms. The molecule has 1 aliphatic heterocycles. The fourth-order valence-electron chi connectivity index (χ4n) is 3.19. The molecule has 3 rings (SSSR count). The van der Waals surface area contributed by atoms with Crippen molar-refractivity contribution in [3.8, 4) is 0 Å². The summed E-state index contributed by atoms with van der Waals surface area (Å²) < 4.78 is 0. The van der Waals surface area contributed by atoms with Gasteiger partial charge in [0.25, 0.3) is 0 Å². The Balaban J connectivity index is 1.55. The molecule has 1 heterocycles. The average Bonchev–Trinajstić information content (AvgIpc) is 3.02. The van der Waals surface area contributed by atoms with Gasteiger partial charge in [-0.05, 0) is 60.7 Å². The number of aliphatic hydroxyl groups is 1. The SMILES string of the molecule is Cc1ccc(NC(=O)C(=O)NCC(O)c2ccc3c(c2)CCN3C)cc1C. The van der Waals surface area contributed by atoms with Gasteiger partial charge >= 0.3 is 11.8 Å². The topological polar surface area (TPSA) is 81.7 Å². The molecular formula is C21H25N3O3. The molecule has 1 unspecified atom stereocenters. The van der Waals surface area contributed by atoms with Crippen LogP contribution >= 0.6 is 0 Å². The van der Waals surface area contributed by atoms with Gasteiger partial charge in [-0.25, -0.2) is 0 Å². The van der Waals surface area contributed by atoms with Gasteiger partial charge in [-0.1, -0.05) is 18.2 Å². The summed E-state index contributed by atoms with van der Waals surface area (Å²) in [7, 11) is 2.04. The number of carbonyl (C=O) groups is 2. The predicted octanol–water partition coefficient (Wildman–Crippen LogP) is 2.08. The van der Waals surface area contributed by atoms with E-state index in [1.165, 1.54) is 11.3 Å². The monoisotopic (exact) mass is 367 g/mol. The van der Waals surface area contributed by atoms with Crippen LogP contribution in [-0.4, -0.2) is 37.1 Å². The van der Waals surface area contributed by atoms with Crippen molar-refractivity contribution in [2.45, 2.75) is 26.4 Å². The van der Waals surface area contributed by atoms with Crippen LogP contribution in [0.15, 0.2) is 36.4 Å². The predicted molar refractivity (Wildman–Crippen MR) is 106 cm³/mol. The van der Waals surface area contributed by atoms with Crippen LogP contribution in [0.1, 0.15) is 28.4 Å². The highest BCUT2D eigenvalue weighted by Gasteiger charge is 2.19. The Hall–Kier alpha value is -2.86. The number of benzene rings is 2. The van der Waals surface area contributed by atoms with Crippen molar-refractivity contribution in [1.29, 1.82) is 0 Å². The molecule has 0 radical (unpaired) electrons. The molecule has 1 aliphatic rings. The third kappa shape index (κ3) is 4.28. The molecule has 0 bridgehead atoms. The summed E-state index contributed by atoms with van der Waals surface area (Å²) >= 11 is 0. The number of fused-ring (bicyclic) bond motifs is 1. The molecule has 0 fully saturated rings. The van der Waals surface area contributed by atoms with Gasteiger partial charge in [0, 0.05) is 31.5 Å². The number of carbonyl (C=O) groups excluding carboxylic acids is 2. The highest BCUT2D eigenvalue weighted by Crippen LogP contribution is 2.29. The van der Waals surface area contributed by atoms with Crippen LogP contribution in [0.25, 0.3) is 0 Å². The molecule has 0 aliphatic carbocycles. The fraction of sp³-hybridized carbons (Fsp3) is 0.333. The molecule has 27 heavy (non-hydrogen) atoms. The number of rotatable bonds is 4. The number of aryl methyl sites for hydroxylation is 2. The van der Waals surface area contributed by atoms with Crippen molar-refractivity contribution < 1.29 is 14.7 Å². The molecule has 2 aromatic carbocycles. The van der Waals surface area contributed by atoms with Crippen molar-refractivity contribution in [3.63, 3.8) is 0 Å². The van der Waals surface area contributed by atoms with Gasteiger partial charge in [0.05, 0.1) is 6.10 Å². The maximum Gasteiger partial charge on any atom is 0.313 e. The number of anilines is 2. The summed E-state index contributed by atoms with van der Waals surface area (Å²) in [6.07, 6.45) is 0.0801. The summed E-state index contributed by atoms with van der Waals surface area (Å²) in [5.41, 5.74) is 5.81. The fourth-order valence-corrected chi connectivity index (χ4v) is 3.19. The highest BCUT2D eigenvalue weighted by molar-refractivity contribution is 6.39. The van der Waals surface area contributed by atoms with Crippen LogP contribution in [-0.2, 0) is 16.0 Å². The minimum atomic E-state index is -0.862. The number of amides is 2. The van der Waals surface area contributed by atoms with E-state index in [2.05, 4.69) is 15.5 Å². The van der Waals surface area contributed by atoms with Crippen LogP contribution in [0.5, 0.6) is 0 Å². The van der Waals surface area contributed by atoms with E-state index in [0.29, 0.717) is 5.69 Å². The Morgan fingerprint density at radius 1 is 1.11 bits per heavy atom. The summed E-state index contributed by atoms with van der Waals surface area (Å²) in [5.74, 6) is -1.52. The van der Waals surface area contributed by atoms with E-state index in [1.54, 1.807) is 6.07 Å². The molecule has 0 aromatic heterocycles. The summed E-state index contributed by atoms with van der Waals surface area (Å²) in [6, 6.07) is 11.3. The maximum absolute atomic E-state index is 12.0. The van der Waals surface area contributed by atoms with Gasteiger partial charge in [-0.15, -0.1) is 0 Å². The van der Waals surface area contributed by atoms with E-state index < -0.39 is 17.9 Å². The van der Waals surface area contributed by atoms with Crippen molar-refractivity contribution in [2.75, 3.05) is 30.4 Å². The van der Waals surface area contributed by atoms with Crippen LogP contribution in [0.4, 0.5) is 11.4 Å². The minimum absolute atomic E-state index is 0.0200. The lowest BCUT2D eigenvalue weighted by Gasteiger charge is -2.15. The molecule has 0 spiro atoms. The van der Waals surface area contributed by atoms with E-state index in [-0.39, 0.29) is 6.54 Å². The molecular weight excluding hydrogens is 342 g/mol. The Labute approximate surface area is 159 Å². The van der Waals surface area contributed by atoms with Crippen molar-refractivity contribution in [3.05, 3.63) is 58.7 Å². The Bertz CT molecular complexity index is 879. The van der Waals surface area contributed by atoms with E-state index in [4.69, 9.17) is 0 Å². The summed E-state index contributed by atoms with van der Waals surface area (Å²) in [4.78, 5) is 26.2. The first-order chi connectivity index (χ1) is 12.8. The minimum Gasteiger partial charge on any atom is -0.387 e. The van der Waals surface area contributed by atoms with Gasteiger partial charge in [-0.2, -0.15) is 0 Å². The van der Waals surface area contributed by atoms with Crippen molar-refractivity contribution in [1.82, 2.24) is 5.32 Å². The van der Waals surface area contributed by atoms with Gasteiger partial charge in [0.15, 0.2) is 0 Å². The molecule has 2 aromatic rings. The van der Waals surface area contributed by atoms with Gasteiger partial charge in [0.1, 0.15) is 0 Å². The number of nitrogens with zero attached hydrogens (tertiary/aromatic N) is 1. The van der Waals surface area contributed by atoms with Gasteiger partial charge in [0.2, 0.25) is 0 Å². The zero-order valence-corrected chi connectivity index (χ0v) is 15.9. The first kappa shape index (κ1) is 18.9. The normalized spacial score (nSPS) is 13.9. The van der Waals surface area contributed by atoms with Crippen LogP contribution < -0.4 is 15.5 Å².